The monoisotopic (exact) mass is 236 g/mol. The zero-order valence-corrected chi connectivity index (χ0v) is 10.4. The highest BCUT2D eigenvalue weighted by Crippen LogP contribution is 2.26. The highest BCUT2D eigenvalue weighted by atomic mass is 16.5. The number of carbonyl (C=O) groups excluding carboxylic acids is 1. The molecule has 0 fully saturated rings. The number of rotatable bonds is 4. The van der Waals surface area contributed by atoms with E-state index in [9.17, 15) is 9.59 Å². The number of carboxylic acid groups (broad SMARTS) is 1. The minimum Gasteiger partial charge on any atom is -0.496 e. The van der Waals surface area contributed by atoms with Crippen molar-refractivity contribution in [2.75, 3.05) is 7.11 Å². The van der Waals surface area contributed by atoms with E-state index in [1.807, 2.05) is 13.0 Å². The van der Waals surface area contributed by atoms with Gasteiger partial charge in [0.1, 0.15) is 11.7 Å². The van der Waals surface area contributed by atoms with Gasteiger partial charge in [0.2, 0.25) is 0 Å². The molecule has 1 aromatic carbocycles. The van der Waals surface area contributed by atoms with Gasteiger partial charge in [-0.2, -0.15) is 0 Å². The van der Waals surface area contributed by atoms with Crippen molar-refractivity contribution in [1.29, 1.82) is 0 Å². The number of hydrogen-bond acceptors (Lipinski definition) is 3. The molecular formula is C13H16O4. The Bertz CT molecular complexity index is 463. The molecule has 0 aliphatic carbocycles. The van der Waals surface area contributed by atoms with E-state index in [2.05, 4.69) is 0 Å². The van der Waals surface area contributed by atoms with Gasteiger partial charge in [0.05, 0.1) is 12.7 Å². The SMILES string of the molecule is COc1cc(C)cc(C)c1C(=O)C(C)C(=O)O. The first kappa shape index (κ1) is 13.2. The van der Waals surface area contributed by atoms with Crippen molar-refractivity contribution in [3.05, 3.63) is 28.8 Å². The van der Waals surface area contributed by atoms with Crippen molar-refractivity contribution in [2.24, 2.45) is 5.92 Å². The number of ketones is 1. The molecule has 0 saturated carbocycles. The summed E-state index contributed by atoms with van der Waals surface area (Å²) in [5, 5.41) is 8.86. The molecule has 0 aliphatic heterocycles. The molecule has 1 atom stereocenters. The van der Waals surface area contributed by atoms with E-state index >= 15 is 0 Å². The lowest BCUT2D eigenvalue weighted by molar-refractivity contribution is -0.139. The lowest BCUT2D eigenvalue weighted by Gasteiger charge is -2.13. The third-order valence-electron chi connectivity index (χ3n) is 2.67. The Hall–Kier alpha value is -1.84. The number of ether oxygens (including phenoxy) is 1. The van der Waals surface area contributed by atoms with Crippen LogP contribution in [-0.2, 0) is 4.79 Å². The molecule has 17 heavy (non-hydrogen) atoms. The van der Waals surface area contributed by atoms with E-state index < -0.39 is 17.7 Å². The van der Waals surface area contributed by atoms with Gasteiger partial charge in [-0.3, -0.25) is 9.59 Å². The van der Waals surface area contributed by atoms with Gasteiger partial charge in [0.25, 0.3) is 0 Å². The zero-order chi connectivity index (χ0) is 13.2. The van der Waals surface area contributed by atoms with Crippen LogP contribution in [0.1, 0.15) is 28.4 Å². The second-order valence-electron chi connectivity index (χ2n) is 4.08. The first-order valence-electron chi connectivity index (χ1n) is 5.30. The molecule has 0 amide bonds. The summed E-state index contributed by atoms with van der Waals surface area (Å²) in [4.78, 5) is 22.9. The molecule has 0 aromatic heterocycles. The number of Topliss-reactive ketones (excluding diaryl/α,β-unsaturated/α-hetero) is 1. The van der Waals surface area contributed by atoms with Crippen LogP contribution in [0.2, 0.25) is 0 Å². The van der Waals surface area contributed by atoms with Crippen molar-refractivity contribution in [3.8, 4) is 5.75 Å². The van der Waals surface area contributed by atoms with Crippen molar-refractivity contribution in [2.45, 2.75) is 20.8 Å². The van der Waals surface area contributed by atoms with Crippen LogP contribution in [0.15, 0.2) is 12.1 Å². The topological polar surface area (TPSA) is 63.6 Å². The van der Waals surface area contributed by atoms with Crippen LogP contribution >= 0.6 is 0 Å². The molecular weight excluding hydrogens is 220 g/mol. The predicted molar refractivity (Wildman–Crippen MR) is 63.6 cm³/mol. The number of carbonyl (C=O) groups is 2. The van der Waals surface area contributed by atoms with E-state index in [0.717, 1.165) is 11.1 Å². The molecule has 0 heterocycles. The average Bonchev–Trinajstić information content (AvgIpc) is 2.25. The summed E-state index contributed by atoms with van der Waals surface area (Å²) in [6, 6.07) is 3.57. The Morgan fingerprint density at radius 3 is 2.35 bits per heavy atom. The van der Waals surface area contributed by atoms with Crippen molar-refractivity contribution in [3.63, 3.8) is 0 Å². The Labute approximate surface area is 100 Å². The highest BCUT2D eigenvalue weighted by Gasteiger charge is 2.26. The average molecular weight is 236 g/mol. The summed E-state index contributed by atoms with van der Waals surface area (Å²) in [5.74, 6) is -2.19. The van der Waals surface area contributed by atoms with E-state index in [1.54, 1.807) is 13.0 Å². The van der Waals surface area contributed by atoms with E-state index in [0.29, 0.717) is 11.3 Å². The summed E-state index contributed by atoms with van der Waals surface area (Å²) < 4.78 is 5.14. The third-order valence-corrected chi connectivity index (χ3v) is 2.67. The quantitative estimate of drug-likeness (QED) is 0.643. The third kappa shape index (κ3) is 2.64. The number of aryl methyl sites for hydroxylation is 2. The molecule has 1 aromatic rings. The van der Waals surface area contributed by atoms with Crippen LogP contribution in [0, 0.1) is 19.8 Å². The Kier molecular flexibility index (Phi) is 3.89. The fourth-order valence-corrected chi connectivity index (χ4v) is 1.73. The minimum atomic E-state index is -1.13. The number of aliphatic carboxylic acids is 1. The lowest BCUT2D eigenvalue weighted by atomic mass is 9.94. The minimum absolute atomic E-state index is 0.355. The van der Waals surface area contributed by atoms with Gasteiger partial charge in [-0.25, -0.2) is 0 Å². The van der Waals surface area contributed by atoms with Crippen LogP contribution in [0.4, 0.5) is 0 Å². The van der Waals surface area contributed by atoms with Gasteiger partial charge in [-0.1, -0.05) is 6.07 Å². The molecule has 4 nitrogen and oxygen atoms in total. The maximum Gasteiger partial charge on any atom is 0.314 e. The standard InChI is InChI=1S/C13H16O4/c1-7-5-8(2)11(10(6-7)17-4)12(14)9(3)13(15)16/h5-6,9H,1-4H3,(H,15,16). The molecule has 0 saturated heterocycles. The fraction of sp³-hybridized carbons (Fsp3) is 0.385. The molecule has 0 radical (unpaired) electrons. The maximum atomic E-state index is 12.0. The Morgan fingerprint density at radius 2 is 1.88 bits per heavy atom. The molecule has 0 aliphatic rings. The van der Waals surface area contributed by atoms with Crippen LogP contribution in [0.3, 0.4) is 0 Å². The van der Waals surface area contributed by atoms with Gasteiger partial charge in [-0.05, 0) is 38.0 Å². The summed E-state index contributed by atoms with van der Waals surface area (Å²) in [6.45, 7) is 5.05. The van der Waals surface area contributed by atoms with Crippen molar-refractivity contribution in [1.82, 2.24) is 0 Å². The van der Waals surface area contributed by atoms with Crippen LogP contribution in [0.5, 0.6) is 5.75 Å². The summed E-state index contributed by atoms with van der Waals surface area (Å²) in [5.41, 5.74) is 2.06. The number of carboxylic acids is 1. The summed E-state index contributed by atoms with van der Waals surface area (Å²) >= 11 is 0. The van der Waals surface area contributed by atoms with Gasteiger partial charge in [0, 0.05) is 0 Å². The van der Waals surface area contributed by atoms with E-state index in [4.69, 9.17) is 9.84 Å². The number of methoxy groups -OCH3 is 1. The number of benzene rings is 1. The molecule has 0 spiro atoms. The number of hydrogen-bond donors (Lipinski definition) is 1. The normalized spacial score (nSPS) is 12.0. The molecule has 1 unspecified atom stereocenters. The second kappa shape index (κ2) is 4.99. The van der Waals surface area contributed by atoms with Gasteiger partial charge >= 0.3 is 5.97 Å². The van der Waals surface area contributed by atoms with Crippen molar-refractivity contribution >= 4 is 11.8 Å². The first-order valence-corrected chi connectivity index (χ1v) is 5.30. The fourth-order valence-electron chi connectivity index (χ4n) is 1.73. The lowest BCUT2D eigenvalue weighted by Crippen LogP contribution is -2.22. The molecule has 4 heteroatoms. The van der Waals surface area contributed by atoms with Crippen molar-refractivity contribution < 1.29 is 19.4 Å². The molecule has 0 bridgehead atoms. The van der Waals surface area contributed by atoms with E-state index in [1.165, 1.54) is 14.0 Å². The highest BCUT2D eigenvalue weighted by molar-refractivity contribution is 6.10. The molecule has 1 N–H and O–H groups in total. The molecule has 1 rings (SSSR count). The predicted octanol–water partition coefficient (Wildman–Crippen LogP) is 2.22. The van der Waals surface area contributed by atoms with Crippen LogP contribution < -0.4 is 4.74 Å². The summed E-state index contributed by atoms with van der Waals surface area (Å²) in [7, 11) is 1.47. The summed E-state index contributed by atoms with van der Waals surface area (Å²) in [6.07, 6.45) is 0. The van der Waals surface area contributed by atoms with Gasteiger partial charge in [0.15, 0.2) is 5.78 Å². The van der Waals surface area contributed by atoms with Gasteiger partial charge < -0.3 is 9.84 Å². The van der Waals surface area contributed by atoms with E-state index in [-0.39, 0.29) is 0 Å². The second-order valence-corrected chi connectivity index (χ2v) is 4.08. The first-order chi connectivity index (χ1) is 7.88. The van der Waals surface area contributed by atoms with Crippen LogP contribution in [0.25, 0.3) is 0 Å². The molecule has 92 valence electrons. The Balaban J connectivity index is 3.30. The zero-order valence-electron chi connectivity index (χ0n) is 10.4. The smallest absolute Gasteiger partial charge is 0.314 e. The largest absolute Gasteiger partial charge is 0.496 e. The van der Waals surface area contributed by atoms with Crippen LogP contribution in [-0.4, -0.2) is 24.0 Å². The Morgan fingerprint density at radius 1 is 1.29 bits per heavy atom. The van der Waals surface area contributed by atoms with Gasteiger partial charge in [-0.15, -0.1) is 0 Å². The maximum absolute atomic E-state index is 12.0.